The third kappa shape index (κ3) is 2.42. The van der Waals surface area contributed by atoms with Gasteiger partial charge in [0, 0.05) is 32.1 Å². The fraction of sp³-hybridized carbons (Fsp3) is 0.100. The Morgan fingerprint density at radius 2 is 2.00 bits per heavy atom. The van der Waals surface area contributed by atoms with Crippen molar-refractivity contribution < 1.29 is 8.42 Å². The number of benzene rings is 1. The monoisotopic (exact) mass is 353 g/mol. The molecule has 0 saturated carbocycles. The number of aryl methyl sites for hydroxylation is 1. The number of halogens is 3. The van der Waals surface area contributed by atoms with Crippen LogP contribution in [-0.4, -0.2) is 13.4 Å². The predicted molar refractivity (Wildman–Crippen MR) is 72.2 cm³/mol. The van der Waals surface area contributed by atoms with Crippen molar-refractivity contribution in [3.63, 3.8) is 0 Å². The van der Waals surface area contributed by atoms with E-state index in [1.165, 1.54) is 12.3 Å². The van der Waals surface area contributed by atoms with E-state index in [-0.39, 0.29) is 10.0 Å². The topological polar surface area (TPSA) is 47.0 Å². The molecule has 7 heteroatoms. The van der Waals surface area contributed by atoms with Crippen LogP contribution in [0.25, 0.3) is 10.8 Å². The summed E-state index contributed by atoms with van der Waals surface area (Å²) in [4.78, 5) is 4.01. The third-order valence-corrected chi connectivity index (χ3v) is 4.42. The van der Waals surface area contributed by atoms with Crippen molar-refractivity contribution in [2.75, 3.05) is 0 Å². The van der Waals surface area contributed by atoms with Gasteiger partial charge in [-0.25, -0.2) is 13.4 Å². The second-order valence-electron chi connectivity index (χ2n) is 3.50. The maximum Gasteiger partial charge on any atom is 0.261 e. The average Bonchev–Trinajstić information content (AvgIpc) is 2.21. The van der Waals surface area contributed by atoms with Crippen LogP contribution in [0, 0.1) is 6.92 Å². The SMILES string of the molecule is Cc1cnc(Cl)c2cc(Br)cc(S(=O)(=O)Cl)c12. The molecule has 1 heterocycles. The highest BCUT2D eigenvalue weighted by molar-refractivity contribution is 9.10. The number of rotatable bonds is 1. The number of pyridine rings is 1. The molecule has 90 valence electrons. The molecule has 0 amide bonds. The number of nitrogens with zero attached hydrogens (tertiary/aromatic N) is 1. The molecule has 0 aliphatic rings. The first-order valence-corrected chi connectivity index (χ1v) is 7.98. The minimum Gasteiger partial charge on any atom is -0.244 e. The second-order valence-corrected chi connectivity index (χ2v) is 7.30. The van der Waals surface area contributed by atoms with Gasteiger partial charge in [-0.3, -0.25) is 0 Å². The molecule has 0 unspecified atom stereocenters. The number of hydrogen-bond acceptors (Lipinski definition) is 3. The standard InChI is InChI=1S/C10H6BrCl2NO2S/c1-5-4-14-10(12)7-2-6(11)3-8(9(5)7)17(13,15)16/h2-4H,1H3. The molecule has 0 spiro atoms. The van der Waals surface area contributed by atoms with E-state index in [1.54, 1.807) is 13.0 Å². The third-order valence-electron chi connectivity index (χ3n) is 2.32. The van der Waals surface area contributed by atoms with Crippen molar-refractivity contribution in [2.45, 2.75) is 11.8 Å². The number of fused-ring (bicyclic) bond motifs is 1. The summed E-state index contributed by atoms with van der Waals surface area (Å²) in [6.45, 7) is 1.76. The van der Waals surface area contributed by atoms with Crippen LogP contribution in [-0.2, 0) is 9.05 Å². The van der Waals surface area contributed by atoms with E-state index in [2.05, 4.69) is 20.9 Å². The van der Waals surface area contributed by atoms with Gasteiger partial charge in [0.1, 0.15) is 5.15 Å². The zero-order chi connectivity index (χ0) is 12.8. The maximum atomic E-state index is 11.5. The minimum atomic E-state index is -3.84. The number of aromatic nitrogens is 1. The molecule has 1 aromatic carbocycles. The Hall–Kier alpha value is -0.360. The molecule has 17 heavy (non-hydrogen) atoms. The molecule has 3 nitrogen and oxygen atoms in total. The quantitative estimate of drug-likeness (QED) is 0.576. The lowest BCUT2D eigenvalue weighted by molar-refractivity contribution is 0.610. The van der Waals surface area contributed by atoms with Crippen molar-refractivity contribution in [3.05, 3.63) is 33.5 Å². The van der Waals surface area contributed by atoms with Gasteiger partial charge in [-0.2, -0.15) is 0 Å². The van der Waals surface area contributed by atoms with E-state index >= 15 is 0 Å². The first-order valence-electron chi connectivity index (χ1n) is 4.49. The Balaban J connectivity index is 3.09. The molecule has 0 aliphatic heterocycles. The van der Waals surface area contributed by atoms with E-state index < -0.39 is 9.05 Å². The van der Waals surface area contributed by atoms with E-state index in [0.29, 0.717) is 20.8 Å². The summed E-state index contributed by atoms with van der Waals surface area (Å²) in [5.41, 5.74) is 0.705. The van der Waals surface area contributed by atoms with Crippen molar-refractivity contribution >= 4 is 58.0 Å². The van der Waals surface area contributed by atoms with Gasteiger partial charge < -0.3 is 0 Å². The van der Waals surface area contributed by atoms with Crippen LogP contribution in [0.15, 0.2) is 27.7 Å². The molecule has 0 atom stereocenters. The average molecular weight is 355 g/mol. The first kappa shape index (κ1) is 13.1. The molecule has 0 bridgehead atoms. The van der Waals surface area contributed by atoms with Gasteiger partial charge in [-0.05, 0) is 24.6 Å². The van der Waals surface area contributed by atoms with Gasteiger partial charge >= 0.3 is 0 Å². The molecule has 0 N–H and O–H groups in total. The fourth-order valence-electron chi connectivity index (χ4n) is 1.63. The fourth-order valence-corrected chi connectivity index (χ4v) is 3.59. The van der Waals surface area contributed by atoms with Gasteiger partial charge in [0.05, 0.1) is 4.90 Å². The van der Waals surface area contributed by atoms with Gasteiger partial charge in [0.2, 0.25) is 0 Å². The van der Waals surface area contributed by atoms with Crippen molar-refractivity contribution in [3.8, 4) is 0 Å². The van der Waals surface area contributed by atoms with Crippen molar-refractivity contribution in [1.29, 1.82) is 0 Å². The van der Waals surface area contributed by atoms with Gasteiger partial charge in [0.15, 0.2) is 0 Å². The summed E-state index contributed by atoms with van der Waals surface area (Å²) in [5, 5.41) is 1.30. The van der Waals surface area contributed by atoms with Crippen LogP contribution in [0.1, 0.15) is 5.56 Å². The molecule has 0 aliphatic carbocycles. The molecule has 1 aromatic heterocycles. The molecular formula is C10H6BrCl2NO2S. The van der Waals surface area contributed by atoms with Crippen LogP contribution in [0.4, 0.5) is 0 Å². The summed E-state index contributed by atoms with van der Waals surface area (Å²) < 4.78 is 23.7. The molecule has 0 fully saturated rings. The van der Waals surface area contributed by atoms with E-state index in [4.69, 9.17) is 22.3 Å². The predicted octanol–water partition coefficient (Wildman–Crippen LogP) is 3.89. The van der Waals surface area contributed by atoms with E-state index in [1.807, 2.05) is 0 Å². The highest BCUT2D eigenvalue weighted by atomic mass is 79.9. The largest absolute Gasteiger partial charge is 0.261 e. The zero-order valence-electron chi connectivity index (χ0n) is 8.54. The normalized spacial score (nSPS) is 12.0. The van der Waals surface area contributed by atoms with Gasteiger partial charge in [-0.1, -0.05) is 27.5 Å². The number of hydrogen-bond donors (Lipinski definition) is 0. The summed E-state index contributed by atoms with van der Waals surface area (Å²) in [7, 11) is 1.59. The Bertz CT molecular complexity index is 716. The summed E-state index contributed by atoms with van der Waals surface area (Å²) in [5.74, 6) is 0. The summed E-state index contributed by atoms with van der Waals surface area (Å²) >= 11 is 9.18. The molecule has 0 saturated heterocycles. The maximum absolute atomic E-state index is 11.5. The van der Waals surface area contributed by atoms with Crippen LogP contribution in [0.3, 0.4) is 0 Å². The molecule has 2 rings (SSSR count). The summed E-state index contributed by atoms with van der Waals surface area (Å²) in [6, 6.07) is 3.16. The van der Waals surface area contributed by atoms with E-state index in [9.17, 15) is 8.42 Å². The lowest BCUT2D eigenvalue weighted by Gasteiger charge is -2.08. The van der Waals surface area contributed by atoms with Gasteiger partial charge in [0.25, 0.3) is 9.05 Å². The second kappa shape index (κ2) is 4.39. The van der Waals surface area contributed by atoms with Crippen LogP contribution in [0.5, 0.6) is 0 Å². The van der Waals surface area contributed by atoms with Crippen LogP contribution in [0.2, 0.25) is 5.15 Å². The van der Waals surface area contributed by atoms with Crippen molar-refractivity contribution in [2.24, 2.45) is 0 Å². The minimum absolute atomic E-state index is 0.0327. The van der Waals surface area contributed by atoms with Crippen molar-refractivity contribution in [1.82, 2.24) is 4.98 Å². The van der Waals surface area contributed by atoms with Gasteiger partial charge in [-0.15, -0.1) is 0 Å². The Kier molecular flexibility index (Phi) is 3.38. The Labute approximate surface area is 116 Å². The lowest BCUT2D eigenvalue weighted by Crippen LogP contribution is -1.96. The smallest absolute Gasteiger partial charge is 0.244 e. The highest BCUT2D eigenvalue weighted by Gasteiger charge is 2.18. The zero-order valence-corrected chi connectivity index (χ0v) is 12.5. The highest BCUT2D eigenvalue weighted by Crippen LogP contribution is 2.34. The Morgan fingerprint density at radius 3 is 2.59 bits per heavy atom. The first-order chi connectivity index (χ1) is 7.80. The van der Waals surface area contributed by atoms with Crippen LogP contribution >= 0.6 is 38.2 Å². The molecule has 0 radical (unpaired) electrons. The lowest BCUT2D eigenvalue weighted by atomic mass is 10.1. The van der Waals surface area contributed by atoms with E-state index in [0.717, 1.165) is 0 Å². The summed E-state index contributed by atoms with van der Waals surface area (Å²) in [6.07, 6.45) is 1.52. The molecule has 2 aromatic rings. The Morgan fingerprint density at radius 1 is 1.35 bits per heavy atom. The molecular weight excluding hydrogens is 349 g/mol. The van der Waals surface area contributed by atoms with Crippen LogP contribution < -0.4 is 0 Å².